The van der Waals surface area contributed by atoms with Crippen molar-refractivity contribution in [2.24, 2.45) is 0 Å². The molecule has 3 rings (SSSR count). The maximum Gasteiger partial charge on any atom is 0.290 e. The molecule has 1 atom stereocenters. The molecule has 0 spiro atoms. The maximum absolute atomic E-state index is 13.3. The van der Waals surface area contributed by atoms with Crippen molar-refractivity contribution in [1.29, 1.82) is 0 Å². The van der Waals surface area contributed by atoms with Gasteiger partial charge in [0.15, 0.2) is 5.76 Å². The Kier molecular flexibility index (Phi) is 3.07. The fraction of sp³-hybridized carbons (Fsp3) is 0.267. The van der Waals surface area contributed by atoms with Crippen LogP contribution < -0.4 is 0 Å². The quantitative estimate of drug-likeness (QED) is 0.828. The molecule has 1 aliphatic rings. The van der Waals surface area contributed by atoms with Crippen molar-refractivity contribution in [3.63, 3.8) is 0 Å². The predicted octanol–water partition coefficient (Wildman–Crippen LogP) is 3.40. The molecule has 1 amide bonds. The Morgan fingerprint density at radius 1 is 1.32 bits per heavy atom. The van der Waals surface area contributed by atoms with Gasteiger partial charge in [-0.05, 0) is 42.7 Å². The first-order valence-electron chi connectivity index (χ1n) is 6.35. The molecule has 3 nitrogen and oxygen atoms in total. The van der Waals surface area contributed by atoms with E-state index in [1.165, 1.54) is 18.4 Å². The number of carbonyl (C=O) groups excluding carboxylic acids is 1. The highest BCUT2D eigenvalue weighted by Gasteiger charge is 2.31. The SMILES string of the molecule is O=C(c1ccco1)N1CCC[C@@H]1c1cccc(F)c1. The molecule has 0 saturated carbocycles. The fourth-order valence-electron chi connectivity index (χ4n) is 2.61. The molecule has 0 aliphatic carbocycles. The van der Waals surface area contributed by atoms with Gasteiger partial charge in [0.1, 0.15) is 5.82 Å². The predicted molar refractivity (Wildman–Crippen MR) is 68.1 cm³/mol. The topological polar surface area (TPSA) is 33.5 Å². The van der Waals surface area contributed by atoms with E-state index in [0.717, 1.165) is 18.4 Å². The molecule has 1 aromatic heterocycles. The number of amides is 1. The van der Waals surface area contributed by atoms with Crippen LogP contribution in [-0.4, -0.2) is 17.4 Å². The third-order valence-electron chi connectivity index (χ3n) is 3.48. The number of likely N-dealkylation sites (tertiary alicyclic amines) is 1. The van der Waals surface area contributed by atoms with E-state index in [4.69, 9.17) is 4.42 Å². The van der Waals surface area contributed by atoms with Gasteiger partial charge >= 0.3 is 0 Å². The zero-order valence-electron chi connectivity index (χ0n) is 10.4. The molecule has 2 heterocycles. The highest BCUT2D eigenvalue weighted by Crippen LogP contribution is 2.33. The molecule has 1 aromatic carbocycles. The largest absolute Gasteiger partial charge is 0.459 e. The zero-order valence-corrected chi connectivity index (χ0v) is 10.4. The summed E-state index contributed by atoms with van der Waals surface area (Å²) in [7, 11) is 0. The average molecular weight is 259 g/mol. The standard InChI is InChI=1S/C15H14FNO2/c16-12-5-1-4-11(10-12)13-6-2-8-17(13)15(18)14-7-3-9-19-14/h1,3-5,7,9-10,13H,2,6,8H2/t13-/m1/s1. The molecule has 1 fully saturated rings. The van der Waals surface area contributed by atoms with Crippen LogP contribution in [0.2, 0.25) is 0 Å². The molecule has 1 saturated heterocycles. The molecular formula is C15H14FNO2. The summed E-state index contributed by atoms with van der Waals surface area (Å²) in [5, 5.41) is 0. The summed E-state index contributed by atoms with van der Waals surface area (Å²) in [6.45, 7) is 0.681. The monoisotopic (exact) mass is 259 g/mol. The number of furan rings is 1. The van der Waals surface area contributed by atoms with Gasteiger partial charge in [0, 0.05) is 6.54 Å². The molecule has 19 heavy (non-hydrogen) atoms. The summed E-state index contributed by atoms with van der Waals surface area (Å²) < 4.78 is 18.5. The molecular weight excluding hydrogens is 245 g/mol. The lowest BCUT2D eigenvalue weighted by Gasteiger charge is -2.24. The molecule has 4 heteroatoms. The number of halogens is 1. The lowest BCUT2D eigenvalue weighted by molar-refractivity contribution is 0.0703. The van der Waals surface area contributed by atoms with Crippen LogP contribution in [0.3, 0.4) is 0 Å². The second kappa shape index (κ2) is 4.88. The smallest absolute Gasteiger partial charge is 0.290 e. The highest BCUT2D eigenvalue weighted by atomic mass is 19.1. The van der Waals surface area contributed by atoms with Gasteiger partial charge in [-0.15, -0.1) is 0 Å². The Labute approximate surface area is 110 Å². The first-order chi connectivity index (χ1) is 9.25. The highest BCUT2D eigenvalue weighted by molar-refractivity contribution is 5.91. The summed E-state index contributed by atoms with van der Waals surface area (Å²) in [5.41, 5.74) is 0.845. The van der Waals surface area contributed by atoms with E-state index in [1.54, 1.807) is 23.1 Å². The Morgan fingerprint density at radius 3 is 2.95 bits per heavy atom. The van der Waals surface area contributed by atoms with Crippen molar-refractivity contribution < 1.29 is 13.6 Å². The van der Waals surface area contributed by atoms with Crippen molar-refractivity contribution in [2.45, 2.75) is 18.9 Å². The van der Waals surface area contributed by atoms with Gasteiger partial charge in [-0.3, -0.25) is 4.79 Å². The Morgan fingerprint density at radius 2 is 2.21 bits per heavy atom. The van der Waals surface area contributed by atoms with Crippen LogP contribution in [0.1, 0.15) is 35.0 Å². The minimum absolute atomic E-state index is 0.0618. The van der Waals surface area contributed by atoms with E-state index in [1.807, 2.05) is 6.07 Å². The molecule has 2 aromatic rings. The van der Waals surface area contributed by atoms with Gasteiger partial charge in [0.2, 0.25) is 0 Å². The Hall–Kier alpha value is -2.10. The van der Waals surface area contributed by atoms with E-state index < -0.39 is 0 Å². The molecule has 98 valence electrons. The molecule has 0 bridgehead atoms. The van der Waals surface area contributed by atoms with Crippen LogP contribution in [0.15, 0.2) is 47.1 Å². The second-order valence-electron chi connectivity index (χ2n) is 4.69. The first-order valence-corrected chi connectivity index (χ1v) is 6.35. The zero-order chi connectivity index (χ0) is 13.2. The van der Waals surface area contributed by atoms with Crippen molar-refractivity contribution in [1.82, 2.24) is 4.90 Å². The van der Waals surface area contributed by atoms with Gasteiger partial charge in [-0.25, -0.2) is 4.39 Å². The van der Waals surface area contributed by atoms with Crippen LogP contribution >= 0.6 is 0 Å². The van der Waals surface area contributed by atoms with Crippen LogP contribution in [0.4, 0.5) is 4.39 Å². The van der Waals surface area contributed by atoms with Crippen molar-refractivity contribution >= 4 is 5.91 Å². The number of carbonyl (C=O) groups is 1. The molecule has 0 unspecified atom stereocenters. The molecule has 0 radical (unpaired) electrons. The summed E-state index contributed by atoms with van der Waals surface area (Å²) in [5.74, 6) is -0.0603. The fourth-order valence-corrected chi connectivity index (χ4v) is 2.61. The van der Waals surface area contributed by atoms with E-state index >= 15 is 0 Å². The Bertz CT molecular complexity index is 580. The van der Waals surface area contributed by atoms with Gasteiger partial charge < -0.3 is 9.32 Å². The third kappa shape index (κ3) is 2.26. The third-order valence-corrected chi connectivity index (χ3v) is 3.48. The number of nitrogens with zero attached hydrogens (tertiary/aromatic N) is 1. The van der Waals surface area contributed by atoms with Crippen LogP contribution in [-0.2, 0) is 0 Å². The molecule has 1 aliphatic heterocycles. The normalized spacial score (nSPS) is 18.8. The van der Waals surface area contributed by atoms with Gasteiger partial charge in [-0.1, -0.05) is 12.1 Å². The molecule has 0 N–H and O–H groups in total. The van der Waals surface area contributed by atoms with Crippen LogP contribution in [0.25, 0.3) is 0 Å². The van der Waals surface area contributed by atoms with Gasteiger partial charge in [0.25, 0.3) is 5.91 Å². The van der Waals surface area contributed by atoms with Crippen LogP contribution in [0.5, 0.6) is 0 Å². The number of hydrogen-bond acceptors (Lipinski definition) is 2. The number of rotatable bonds is 2. The number of hydrogen-bond donors (Lipinski definition) is 0. The lowest BCUT2D eigenvalue weighted by atomic mass is 10.0. The van der Waals surface area contributed by atoms with Gasteiger partial charge in [0.05, 0.1) is 12.3 Å². The van der Waals surface area contributed by atoms with Crippen LogP contribution in [0, 0.1) is 5.82 Å². The summed E-state index contributed by atoms with van der Waals surface area (Å²) in [6.07, 6.45) is 3.27. The maximum atomic E-state index is 13.3. The van der Waals surface area contributed by atoms with Crippen molar-refractivity contribution in [3.8, 4) is 0 Å². The van der Waals surface area contributed by atoms with Crippen molar-refractivity contribution in [3.05, 3.63) is 59.8 Å². The Balaban J connectivity index is 1.88. The first kappa shape index (κ1) is 12.0. The number of benzene rings is 1. The summed E-state index contributed by atoms with van der Waals surface area (Å²) in [4.78, 5) is 14.1. The average Bonchev–Trinajstić information content (AvgIpc) is 3.09. The summed E-state index contributed by atoms with van der Waals surface area (Å²) in [6, 6.07) is 9.74. The minimum Gasteiger partial charge on any atom is -0.459 e. The second-order valence-corrected chi connectivity index (χ2v) is 4.69. The van der Waals surface area contributed by atoms with E-state index in [0.29, 0.717) is 12.3 Å². The van der Waals surface area contributed by atoms with E-state index in [9.17, 15) is 9.18 Å². The minimum atomic E-state index is -0.269. The summed E-state index contributed by atoms with van der Waals surface area (Å²) >= 11 is 0. The van der Waals surface area contributed by atoms with E-state index in [2.05, 4.69) is 0 Å². The van der Waals surface area contributed by atoms with Gasteiger partial charge in [-0.2, -0.15) is 0 Å². The van der Waals surface area contributed by atoms with E-state index in [-0.39, 0.29) is 17.8 Å². The lowest BCUT2D eigenvalue weighted by Crippen LogP contribution is -2.30. The van der Waals surface area contributed by atoms with Crippen molar-refractivity contribution in [2.75, 3.05) is 6.54 Å².